The van der Waals surface area contributed by atoms with Crippen LogP contribution in [0.2, 0.25) is 0 Å². The van der Waals surface area contributed by atoms with E-state index in [4.69, 9.17) is 13.9 Å². The van der Waals surface area contributed by atoms with Crippen LogP contribution in [0.1, 0.15) is 18.6 Å². The summed E-state index contributed by atoms with van der Waals surface area (Å²) < 4.78 is 16.5. The molecule has 0 unspecified atom stereocenters. The summed E-state index contributed by atoms with van der Waals surface area (Å²) in [5, 5.41) is 2.79. The zero-order valence-electron chi connectivity index (χ0n) is 13.0. The largest absolute Gasteiger partial charge is 0.459 e. The number of carbonyl (C=O) groups is 1. The lowest BCUT2D eigenvalue weighted by Gasteiger charge is -2.09. The Morgan fingerprint density at radius 2 is 2.09 bits per heavy atom. The molecule has 122 valence electrons. The van der Waals surface area contributed by atoms with Crippen LogP contribution in [-0.4, -0.2) is 31.8 Å². The summed E-state index contributed by atoms with van der Waals surface area (Å²) >= 11 is 0. The molecule has 0 bridgehead atoms. The van der Waals surface area contributed by atoms with Gasteiger partial charge < -0.3 is 19.2 Å². The van der Waals surface area contributed by atoms with Crippen LogP contribution in [0.5, 0.6) is 0 Å². The molecule has 1 N–H and O–H groups in total. The van der Waals surface area contributed by atoms with E-state index >= 15 is 0 Å². The Kier molecular flexibility index (Phi) is 5.45. The molecule has 3 rings (SSSR count). The maximum Gasteiger partial charge on any atom is 0.246 e. The quantitative estimate of drug-likeness (QED) is 0.853. The van der Waals surface area contributed by atoms with Crippen molar-refractivity contribution < 1.29 is 18.7 Å². The topological polar surface area (TPSA) is 60.7 Å². The molecule has 1 aromatic heterocycles. The summed E-state index contributed by atoms with van der Waals surface area (Å²) in [7, 11) is 0. The first-order valence-corrected chi connectivity index (χ1v) is 7.91. The van der Waals surface area contributed by atoms with Gasteiger partial charge >= 0.3 is 0 Å². The minimum atomic E-state index is -0.152. The van der Waals surface area contributed by atoms with E-state index in [2.05, 4.69) is 5.32 Å². The van der Waals surface area contributed by atoms with Crippen LogP contribution in [0.25, 0.3) is 11.3 Å². The highest BCUT2D eigenvalue weighted by molar-refractivity contribution is 5.77. The van der Waals surface area contributed by atoms with Crippen molar-refractivity contribution in [1.82, 2.24) is 5.32 Å². The fourth-order valence-electron chi connectivity index (χ4n) is 2.53. The minimum absolute atomic E-state index is 0.0477. The Hall–Kier alpha value is -2.11. The molecule has 23 heavy (non-hydrogen) atoms. The number of ether oxygens (including phenoxy) is 2. The monoisotopic (exact) mass is 315 g/mol. The molecule has 1 amide bonds. The lowest BCUT2D eigenvalue weighted by molar-refractivity contribution is -0.127. The molecule has 2 aromatic rings. The fraction of sp³-hybridized carbons (Fsp3) is 0.389. The summed E-state index contributed by atoms with van der Waals surface area (Å²) in [6, 6.07) is 13.6. The van der Waals surface area contributed by atoms with Crippen LogP contribution in [0, 0.1) is 0 Å². The van der Waals surface area contributed by atoms with E-state index in [1.807, 2.05) is 42.5 Å². The van der Waals surface area contributed by atoms with E-state index in [1.54, 1.807) is 0 Å². The predicted molar refractivity (Wildman–Crippen MR) is 85.8 cm³/mol. The molecular weight excluding hydrogens is 294 g/mol. The summed E-state index contributed by atoms with van der Waals surface area (Å²) in [5.74, 6) is 1.36. The van der Waals surface area contributed by atoms with Gasteiger partial charge in [-0.1, -0.05) is 30.3 Å². The second-order valence-electron chi connectivity index (χ2n) is 5.56. The van der Waals surface area contributed by atoms with E-state index in [0.29, 0.717) is 13.2 Å². The number of benzene rings is 1. The zero-order valence-corrected chi connectivity index (χ0v) is 13.0. The number of hydrogen-bond donors (Lipinski definition) is 1. The number of furan rings is 1. The van der Waals surface area contributed by atoms with Crippen LogP contribution >= 0.6 is 0 Å². The molecule has 0 saturated carbocycles. The number of rotatable bonds is 7. The van der Waals surface area contributed by atoms with Gasteiger partial charge in [-0.05, 0) is 25.0 Å². The highest BCUT2D eigenvalue weighted by Gasteiger charge is 2.16. The fourth-order valence-corrected chi connectivity index (χ4v) is 2.53. The minimum Gasteiger partial charge on any atom is -0.459 e. The van der Waals surface area contributed by atoms with Gasteiger partial charge in [-0.25, -0.2) is 0 Å². The Labute approximate surface area is 135 Å². The van der Waals surface area contributed by atoms with Crippen molar-refractivity contribution in [3.8, 4) is 11.3 Å². The van der Waals surface area contributed by atoms with Crippen molar-refractivity contribution in [2.75, 3.05) is 19.8 Å². The van der Waals surface area contributed by atoms with Gasteiger partial charge in [-0.2, -0.15) is 0 Å². The molecule has 1 saturated heterocycles. The average Bonchev–Trinajstić information content (AvgIpc) is 3.25. The van der Waals surface area contributed by atoms with Crippen molar-refractivity contribution in [3.63, 3.8) is 0 Å². The summed E-state index contributed by atoms with van der Waals surface area (Å²) in [6.45, 7) is 1.68. The first-order chi connectivity index (χ1) is 11.3. The van der Waals surface area contributed by atoms with E-state index < -0.39 is 0 Å². The lowest BCUT2D eigenvalue weighted by Crippen LogP contribution is -2.28. The van der Waals surface area contributed by atoms with Gasteiger partial charge in [0.25, 0.3) is 0 Å². The SMILES string of the molecule is O=C(COC[C@@H]1CCCO1)NCc1ccc(-c2ccccc2)o1. The van der Waals surface area contributed by atoms with Gasteiger partial charge in [-0.15, -0.1) is 0 Å². The average molecular weight is 315 g/mol. The maximum absolute atomic E-state index is 11.7. The van der Waals surface area contributed by atoms with Gasteiger partial charge in [-0.3, -0.25) is 4.79 Å². The third-order valence-electron chi connectivity index (χ3n) is 3.74. The Morgan fingerprint density at radius 1 is 1.22 bits per heavy atom. The van der Waals surface area contributed by atoms with Crippen molar-refractivity contribution >= 4 is 5.91 Å². The molecular formula is C18H21NO4. The van der Waals surface area contributed by atoms with Gasteiger partial charge in [0, 0.05) is 12.2 Å². The van der Waals surface area contributed by atoms with Crippen LogP contribution in [-0.2, 0) is 20.8 Å². The van der Waals surface area contributed by atoms with E-state index in [9.17, 15) is 4.79 Å². The normalized spacial score (nSPS) is 17.3. The summed E-state index contributed by atoms with van der Waals surface area (Å²) in [5.41, 5.74) is 1.02. The maximum atomic E-state index is 11.7. The van der Waals surface area contributed by atoms with E-state index in [-0.39, 0.29) is 18.6 Å². The van der Waals surface area contributed by atoms with Crippen molar-refractivity contribution in [1.29, 1.82) is 0 Å². The van der Waals surface area contributed by atoms with Crippen LogP contribution in [0.4, 0.5) is 0 Å². The van der Waals surface area contributed by atoms with Crippen LogP contribution < -0.4 is 5.32 Å². The van der Waals surface area contributed by atoms with Gasteiger partial charge in [0.2, 0.25) is 5.91 Å². The molecule has 1 atom stereocenters. The number of nitrogens with one attached hydrogen (secondary N) is 1. The second-order valence-corrected chi connectivity index (χ2v) is 5.56. The number of hydrogen-bond acceptors (Lipinski definition) is 4. The molecule has 1 fully saturated rings. The van der Waals surface area contributed by atoms with Crippen LogP contribution in [0.3, 0.4) is 0 Å². The number of carbonyl (C=O) groups excluding carboxylic acids is 1. The molecule has 0 radical (unpaired) electrons. The van der Waals surface area contributed by atoms with Gasteiger partial charge in [0.15, 0.2) is 0 Å². The second kappa shape index (κ2) is 7.94. The Bertz CT molecular complexity index is 617. The Morgan fingerprint density at radius 3 is 2.87 bits per heavy atom. The number of amides is 1. The molecule has 0 spiro atoms. The molecule has 5 nitrogen and oxygen atoms in total. The zero-order chi connectivity index (χ0) is 15.9. The van der Waals surface area contributed by atoms with Crippen molar-refractivity contribution in [2.45, 2.75) is 25.5 Å². The van der Waals surface area contributed by atoms with Crippen molar-refractivity contribution in [3.05, 3.63) is 48.2 Å². The lowest BCUT2D eigenvalue weighted by atomic mass is 10.2. The third-order valence-corrected chi connectivity index (χ3v) is 3.74. The van der Waals surface area contributed by atoms with Crippen molar-refractivity contribution in [2.24, 2.45) is 0 Å². The molecule has 1 aliphatic rings. The summed E-state index contributed by atoms with van der Waals surface area (Å²) in [6.07, 6.45) is 2.22. The standard InChI is InChI=1S/C18H21NO4/c20-18(13-21-12-16-7-4-10-22-16)19-11-15-8-9-17(23-15)14-5-2-1-3-6-14/h1-3,5-6,8-9,16H,4,7,10-13H2,(H,19,20)/t16-/m0/s1. The van der Waals surface area contributed by atoms with E-state index in [1.165, 1.54) is 0 Å². The summed E-state index contributed by atoms with van der Waals surface area (Å²) in [4.78, 5) is 11.7. The molecule has 1 aromatic carbocycles. The van der Waals surface area contributed by atoms with Gasteiger partial charge in [0.05, 0.1) is 19.3 Å². The Balaban J connectivity index is 1.40. The predicted octanol–water partition coefficient (Wildman–Crippen LogP) is 2.76. The van der Waals surface area contributed by atoms with E-state index in [0.717, 1.165) is 36.5 Å². The highest BCUT2D eigenvalue weighted by atomic mass is 16.5. The van der Waals surface area contributed by atoms with Gasteiger partial charge in [0.1, 0.15) is 18.1 Å². The molecule has 2 heterocycles. The molecule has 0 aliphatic carbocycles. The third kappa shape index (κ3) is 4.68. The first-order valence-electron chi connectivity index (χ1n) is 7.91. The van der Waals surface area contributed by atoms with Crippen LogP contribution in [0.15, 0.2) is 46.9 Å². The first kappa shape index (κ1) is 15.8. The highest BCUT2D eigenvalue weighted by Crippen LogP contribution is 2.21. The smallest absolute Gasteiger partial charge is 0.246 e. The molecule has 1 aliphatic heterocycles. The molecule has 5 heteroatoms.